The minimum atomic E-state index is -0.192. The molecule has 0 bridgehead atoms. The van der Waals surface area contributed by atoms with Crippen LogP contribution in [0.25, 0.3) is 0 Å². The van der Waals surface area contributed by atoms with Crippen LogP contribution < -0.4 is 14.8 Å². The number of hydrogen-bond donors (Lipinski definition) is 1. The highest BCUT2D eigenvalue weighted by atomic mass is 32.1. The summed E-state index contributed by atoms with van der Waals surface area (Å²) < 4.78 is 10.8. The van der Waals surface area contributed by atoms with Gasteiger partial charge in [0.1, 0.15) is 6.17 Å². The van der Waals surface area contributed by atoms with Gasteiger partial charge >= 0.3 is 0 Å². The third-order valence-corrected chi connectivity index (χ3v) is 5.55. The van der Waals surface area contributed by atoms with Crippen LogP contribution in [-0.4, -0.2) is 17.6 Å². The fourth-order valence-electron chi connectivity index (χ4n) is 3.36. The van der Waals surface area contributed by atoms with Crippen molar-refractivity contribution in [1.82, 2.24) is 4.90 Å². The maximum Gasteiger partial charge on any atom is 0.258 e. The Kier molecular flexibility index (Phi) is 3.57. The van der Waals surface area contributed by atoms with Gasteiger partial charge < -0.3 is 19.7 Å². The first-order chi connectivity index (χ1) is 12.8. The molecule has 2 aromatic carbocycles. The molecule has 0 saturated heterocycles. The van der Waals surface area contributed by atoms with Crippen molar-refractivity contribution in [2.75, 3.05) is 12.1 Å². The SMILES string of the molecule is O=C1c2ccccc2NC(c2cccs2)N1Cc1ccc2c(c1)OCO2. The van der Waals surface area contributed by atoms with E-state index < -0.39 is 0 Å². The first kappa shape index (κ1) is 15.3. The van der Waals surface area contributed by atoms with Gasteiger partial charge in [0.25, 0.3) is 5.91 Å². The minimum absolute atomic E-state index is 0.0235. The molecule has 5 rings (SSSR count). The number of amides is 1. The van der Waals surface area contributed by atoms with E-state index in [1.807, 2.05) is 58.8 Å². The Balaban J connectivity index is 1.53. The van der Waals surface area contributed by atoms with Crippen LogP contribution in [0.5, 0.6) is 11.5 Å². The van der Waals surface area contributed by atoms with Gasteiger partial charge in [-0.2, -0.15) is 0 Å². The van der Waals surface area contributed by atoms with Crippen molar-refractivity contribution in [2.24, 2.45) is 0 Å². The van der Waals surface area contributed by atoms with Gasteiger partial charge in [0.15, 0.2) is 11.5 Å². The largest absolute Gasteiger partial charge is 0.454 e. The Labute approximate surface area is 154 Å². The second-order valence-electron chi connectivity index (χ2n) is 6.23. The van der Waals surface area contributed by atoms with Gasteiger partial charge in [-0.1, -0.05) is 24.3 Å². The number of nitrogens with one attached hydrogen (secondary N) is 1. The number of rotatable bonds is 3. The first-order valence-corrected chi connectivity index (χ1v) is 9.26. The second-order valence-corrected chi connectivity index (χ2v) is 7.21. The number of para-hydroxylation sites is 1. The van der Waals surface area contributed by atoms with Gasteiger partial charge in [-0.25, -0.2) is 0 Å². The van der Waals surface area contributed by atoms with Crippen molar-refractivity contribution in [3.8, 4) is 11.5 Å². The second kappa shape index (κ2) is 6.07. The summed E-state index contributed by atoms with van der Waals surface area (Å²) in [6.45, 7) is 0.730. The van der Waals surface area contributed by atoms with Crippen LogP contribution in [0.15, 0.2) is 60.0 Å². The van der Waals surface area contributed by atoms with Gasteiger partial charge in [-0.15, -0.1) is 11.3 Å². The summed E-state index contributed by atoms with van der Waals surface area (Å²) in [5, 5.41) is 5.54. The predicted octanol–water partition coefficient (Wildman–Crippen LogP) is 4.24. The van der Waals surface area contributed by atoms with Crippen molar-refractivity contribution in [3.63, 3.8) is 0 Å². The lowest BCUT2D eigenvalue weighted by molar-refractivity contribution is 0.0669. The molecule has 3 heterocycles. The molecule has 0 radical (unpaired) electrons. The zero-order valence-electron chi connectivity index (χ0n) is 13.8. The Morgan fingerprint density at radius 1 is 1.08 bits per heavy atom. The van der Waals surface area contributed by atoms with Gasteiger partial charge in [0.05, 0.1) is 5.56 Å². The summed E-state index contributed by atoms with van der Waals surface area (Å²) in [5.41, 5.74) is 2.57. The number of nitrogens with zero attached hydrogens (tertiary/aromatic N) is 1. The summed E-state index contributed by atoms with van der Waals surface area (Å²) in [5.74, 6) is 1.50. The maximum atomic E-state index is 13.2. The van der Waals surface area contributed by atoms with E-state index in [9.17, 15) is 4.79 Å². The number of carbonyl (C=O) groups is 1. The molecule has 3 aromatic rings. The van der Waals surface area contributed by atoms with Gasteiger partial charge in [-0.3, -0.25) is 4.79 Å². The molecule has 0 aliphatic carbocycles. The summed E-state index contributed by atoms with van der Waals surface area (Å²) >= 11 is 1.64. The number of hydrogen-bond acceptors (Lipinski definition) is 5. The summed E-state index contributed by atoms with van der Waals surface area (Å²) in [4.78, 5) is 16.2. The molecule has 5 nitrogen and oxygen atoms in total. The number of thiophene rings is 1. The molecule has 130 valence electrons. The average Bonchev–Trinajstić information content (AvgIpc) is 3.35. The van der Waals surface area contributed by atoms with E-state index >= 15 is 0 Å². The highest BCUT2D eigenvalue weighted by molar-refractivity contribution is 7.10. The molecule has 1 unspecified atom stereocenters. The number of ether oxygens (including phenoxy) is 2. The van der Waals surface area contributed by atoms with Crippen LogP contribution in [0.4, 0.5) is 5.69 Å². The topological polar surface area (TPSA) is 50.8 Å². The molecular formula is C20H16N2O3S. The summed E-state index contributed by atoms with van der Waals surface area (Å²) in [6, 6.07) is 17.5. The third-order valence-electron chi connectivity index (χ3n) is 4.62. The lowest BCUT2D eigenvalue weighted by Crippen LogP contribution is -2.42. The van der Waals surface area contributed by atoms with E-state index in [0.29, 0.717) is 12.1 Å². The summed E-state index contributed by atoms with van der Waals surface area (Å²) in [6.07, 6.45) is -0.192. The maximum absolute atomic E-state index is 13.2. The highest BCUT2D eigenvalue weighted by Gasteiger charge is 2.33. The smallest absolute Gasteiger partial charge is 0.258 e. The average molecular weight is 364 g/mol. The molecule has 0 spiro atoms. The van der Waals surface area contributed by atoms with E-state index in [0.717, 1.165) is 27.6 Å². The molecular weight excluding hydrogens is 348 g/mol. The molecule has 1 N–H and O–H groups in total. The standard InChI is InChI=1S/C20H16N2O3S/c23-20-14-4-1-2-5-15(14)21-19(18-6-3-9-26-18)22(20)11-13-7-8-16-17(10-13)25-12-24-16/h1-10,19,21H,11-12H2. The Bertz CT molecular complexity index is 971. The predicted molar refractivity (Wildman–Crippen MR) is 99.6 cm³/mol. The van der Waals surface area contributed by atoms with E-state index in [1.165, 1.54) is 0 Å². The van der Waals surface area contributed by atoms with Gasteiger partial charge in [-0.05, 0) is 41.3 Å². The third kappa shape index (κ3) is 2.50. The van der Waals surface area contributed by atoms with Crippen molar-refractivity contribution in [2.45, 2.75) is 12.7 Å². The number of carbonyl (C=O) groups excluding carboxylic acids is 1. The van der Waals surface area contributed by atoms with Crippen LogP contribution in [0.1, 0.15) is 27.0 Å². The minimum Gasteiger partial charge on any atom is -0.454 e. The zero-order valence-corrected chi connectivity index (χ0v) is 14.7. The van der Waals surface area contributed by atoms with E-state index in [4.69, 9.17) is 9.47 Å². The van der Waals surface area contributed by atoms with Gasteiger partial charge in [0, 0.05) is 17.1 Å². The lowest BCUT2D eigenvalue weighted by Gasteiger charge is -2.37. The summed E-state index contributed by atoms with van der Waals surface area (Å²) in [7, 11) is 0. The van der Waals surface area contributed by atoms with Gasteiger partial charge in [0.2, 0.25) is 6.79 Å². The molecule has 1 aromatic heterocycles. The van der Waals surface area contributed by atoms with Crippen molar-refractivity contribution in [1.29, 1.82) is 0 Å². The molecule has 2 aliphatic heterocycles. The van der Waals surface area contributed by atoms with E-state index in [2.05, 4.69) is 11.4 Å². The van der Waals surface area contributed by atoms with Crippen molar-refractivity contribution in [3.05, 3.63) is 76.0 Å². The quantitative estimate of drug-likeness (QED) is 0.755. The lowest BCUT2D eigenvalue weighted by atomic mass is 10.1. The molecule has 6 heteroatoms. The fourth-order valence-corrected chi connectivity index (χ4v) is 4.15. The Morgan fingerprint density at radius 3 is 2.85 bits per heavy atom. The van der Waals surface area contributed by atoms with Crippen LogP contribution >= 0.6 is 11.3 Å². The number of anilines is 1. The van der Waals surface area contributed by atoms with Crippen molar-refractivity contribution >= 4 is 22.9 Å². The zero-order chi connectivity index (χ0) is 17.5. The number of benzene rings is 2. The van der Waals surface area contributed by atoms with Crippen LogP contribution in [0.3, 0.4) is 0 Å². The molecule has 1 amide bonds. The molecule has 0 saturated carbocycles. The monoisotopic (exact) mass is 364 g/mol. The van der Waals surface area contributed by atoms with Crippen LogP contribution in [0.2, 0.25) is 0 Å². The molecule has 2 aliphatic rings. The van der Waals surface area contributed by atoms with Crippen LogP contribution in [-0.2, 0) is 6.54 Å². The normalized spacial score (nSPS) is 17.8. The Morgan fingerprint density at radius 2 is 1.96 bits per heavy atom. The van der Waals surface area contributed by atoms with Crippen LogP contribution in [0, 0.1) is 0 Å². The first-order valence-electron chi connectivity index (χ1n) is 8.38. The van der Waals surface area contributed by atoms with E-state index in [1.54, 1.807) is 11.3 Å². The molecule has 26 heavy (non-hydrogen) atoms. The number of fused-ring (bicyclic) bond motifs is 2. The molecule has 0 fully saturated rings. The fraction of sp³-hybridized carbons (Fsp3) is 0.150. The molecule has 1 atom stereocenters. The van der Waals surface area contributed by atoms with Crippen molar-refractivity contribution < 1.29 is 14.3 Å². The van der Waals surface area contributed by atoms with E-state index in [-0.39, 0.29) is 18.9 Å². The highest BCUT2D eigenvalue weighted by Crippen LogP contribution is 2.37. The Hall–Kier alpha value is -2.99.